The van der Waals surface area contributed by atoms with E-state index in [0.29, 0.717) is 17.9 Å². The van der Waals surface area contributed by atoms with Crippen LogP contribution in [0.4, 0.5) is 22.7 Å². The van der Waals surface area contributed by atoms with Gasteiger partial charge in [-0.3, -0.25) is 0 Å². The standard InChI is InChI=1S/C60H73BN2/c1-56(2,3)42-26-20-28-47(34-42)62-52-37-45(60(12,13)41-24-18-15-19-25-41)31-33-50(52)61-49-32-30-43(57(4,5)6)36-51(49)63(54-39-46(58(7,8)9)38-53(62)55(54)61)48-29-21-27-44(35-48)59(10,11)40-22-16-14-17-23-40/h14-20,22-26,29-33,36-39,42,44,47H,21,27-28,34-35H2,1-13H3. The lowest BCUT2D eigenvalue weighted by Gasteiger charge is -2.50. The molecular formula is C60H73BN2. The first-order valence-corrected chi connectivity index (χ1v) is 24.2. The molecule has 3 heteroatoms. The summed E-state index contributed by atoms with van der Waals surface area (Å²) in [6.45, 7) is 31.5. The van der Waals surface area contributed by atoms with Gasteiger partial charge in [-0.05, 0) is 134 Å². The van der Waals surface area contributed by atoms with Gasteiger partial charge in [-0.1, -0.05) is 193 Å². The van der Waals surface area contributed by atoms with Crippen molar-refractivity contribution in [3.8, 4) is 0 Å². The summed E-state index contributed by atoms with van der Waals surface area (Å²) in [7, 11) is 0. The van der Waals surface area contributed by atoms with Gasteiger partial charge in [0.25, 0.3) is 6.71 Å². The Balaban J connectivity index is 1.31. The SMILES string of the molecule is CC(C)(C)c1ccc2c(c1)N(C1=CCCC(C(C)(C)c3ccccc3)C1)c1cc(C(C)(C)C)cc3c1B2c1ccc(C(C)(C)c2ccccc2)cc1N3C1CC=CC(C(C)(C)C)C1. The minimum absolute atomic E-state index is 0.00939. The number of fused-ring (bicyclic) bond motifs is 4. The van der Waals surface area contributed by atoms with Crippen LogP contribution in [0.1, 0.15) is 150 Å². The lowest BCUT2D eigenvalue weighted by atomic mass is 9.33. The van der Waals surface area contributed by atoms with Gasteiger partial charge in [0.05, 0.1) is 0 Å². The van der Waals surface area contributed by atoms with Crippen LogP contribution < -0.4 is 26.2 Å². The van der Waals surface area contributed by atoms with Gasteiger partial charge in [-0.2, -0.15) is 0 Å². The highest BCUT2D eigenvalue weighted by Gasteiger charge is 2.47. The van der Waals surface area contributed by atoms with Gasteiger partial charge in [0.2, 0.25) is 0 Å². The predicted molar refractivity (Wildman–Crippen MR) is 274 cm³/mol. The van der Waals surface area contributed by atoms with Gasteiger partial charge < -0.3 is 9.80 Å². The van der Waals surface area contributed by atoms with Crippen LogP contribution in [-0.2, 0) is 21.7 Å². The molecule has 2 aliphatic carbocycles. The molecule has 9 rings (SSSR count). The largest absolute Gasteiger partial charge is 0.339 e. The Morgan fingerprint density at radius 3 is 1.76 bits per heavy atom. The van der Waals surface area contributed by atoms with Crippen LogP contribution in [0, 0.1) is 17.3 Å². The van der Waals surface area contributed by atoms with Crippen LogP contribution in [0.25, 0.3) is 0 Å². The average molecular weight is 833 g/mol. The molecule has 63 heavy (non-hydrogen) atoms. The van der Waals surface area contributed by atoms with Crippen molar-refractivity contribution in [2.24, 2.45) is 17.3 Å². The van der Waals surface area contributed by atoms with Gasteiger partial charge in [-0.15, -0.1) is 0 Å². The number of nitrogens with zero attached hydrogens (tertiary/aromatic N) is 2. The maximum absolute atomic E-state index is 2.86. The number of allylic oxidation sites excluding steroid dienone is 3. The summed E-state index contributed by atoms with van der Waals surface area (Å²) in [5.41, 5.74) is 18.3. The van der Waals surface area contributed by atoms with Crippen molar-refractivity contribution < 1.29 is 0 Å². The lowest BCUT2D eigenvalue weighted by Crippen LogP contribution is -2.63. The fourth-order valence-electron chi connectivity index (χ4n) is 11.5. The van der Waals surface area contributed by atoms with Crippen LogP contribution in [0.5, 0.6) is 0 Å². The van der Waals surface area contributed by atoms with Crippen molar-refractivity contribution in [2.45, 2.75) is 150 Å². The molecule has 0 spiro atoms. The zero-order valence-corrected chi connectivity index (χ0v) is 40.9. The molecule has 0 bridgehead atoms. The number of hydrogen-bond donors (Lipinski definition) is 0. The number of benzene rings is 5. The Bertz CT molecular complexity index is 2570. The molecule has 326 valence electrons. The zero-order valence-electron chi connectivity index (χ0n) is 40.9. The number of anilines is 4. The molecule has 0 saturated carbocycles. The smallest absolute Gasteiger partial charge is 0.252 e. The molecular weight excluding hydrogens is 759 g/mol. The van der Waals surface area contributed by atoms with Gasteiger partial charge in [0.1, 0.15) is 0 Å². The van der Waals surface area contributed by atoms with Crippen LogP contribution in [-0.4, -0.2) is 12.8 Å². The molecule has 0 N–H and O–H groups in total. The van der Waals surface area contributed by atoms with Gasteiger partial charge in [0.15, 0.2) is 0 Å². The molecule has 5 aromatic rings. The molecule has 3 atom stereocenters. The van der Waals surface area contributed by atoms with Crippen LogP contribution >= 0.6 is 0 Å². The van der Waals surface area contributed by atoms with Gasteiger partial charge >= 0.3 is 0 Å². The van der Waals surface area contributed by atoms with E-state index >= 15 is 0 Å². The quantitative estimate of drug-likeness (QED) is 0.124. The third-order valence-electron chi connectivity index (χ3n) is 16.0. The van der Waals surface area contributed by atoms with Crippen molar-refractivity contribution >= 4 is 45.9 Å². The third kappa shape index (κ3) is 7.64. The summed E-state index contributed by atoms with van der Waals surface area (Å²) in [5.74, 6) is 1.01. The maximum Gasteiger partial charge on any atom is 0.252 e. The van der Waals surface area contributed by atoms with Crippen molar-refractivity contribution in [1.82, 2.24) is 0 Å². The van der Waals surface area contributed by atoms with E-state index in [1.54, 1.807) is 0 Å². The van der Waals surface area contributed by atoms with Crippen LogP contribution in [0.3, 0.4) is 0 Å². The Kier molecular flexibility index (Phi) is 10.7. The van der Waals surface area contributed by atoms with E-state index in [1.807, 2.05) is 0 Å². The first-order valence-electron chi connectivity index (χ1n) is 24.2. The molecule has 0 aromatic heterocycles. The molecule has 0 fully saturated rings. The van der Waals surface area contributed by atoms with Gasteiger partial charge in [-0.25, -0.2) is 0 Å². The van der Waals surface area contributed by atoms with E-state index in [9.17, 15) is 0 Å². The van der Waals surface area contributed by atoms with Crippen LogP contribution in [0.15, 0.2) is 133 Å². The Hall–Kier alpha value is -4.76. The van der Waals surface area contributed by atoms with E-state index in [4.69, 9.17) is 0 Å². The fraction of sp³-hybridized carbons (Fsp3) is 0.433. The van der Waals surface area contributed by atoms with Crippen LogP contribution in [0.2, 0.25) is 0 Å². The zero-order chi connectivity index (χ0) is 44.9. The highest BCUT2D eigenvalue weighted by atomic mass is 15.2. The Labute approximate surface area is 382 Å². The third-order valence-corrected chi connectivity index (χ3v) is 16.0. The van der Waals surface area contributed by atoms with Crippen molar-refractivity contribution in [3.05, 3.63) is 161 Å². The number of hydrogen-bond acceptors (Lipinski definition) is 2. The number of rotatable bonds is 6. The maximum atomic E-state index is 2.86. The van der Waals surface area contributed by atoms with E-state index in [1.165, 1.54) is 79.1 Å². The minimum Gasteiger partial charge on any atom is -0.339 e. The van der Waals surface area contributed by atoms with E-state index in [2.05, 4.69) is 227 Å². The van der Waals surface area contributed by atoms with Crippen molar-refractivity contribution in [1.29, 1.82) is 0 Å². The second-order valence-corrected chi connectivity index (χ2v) is 23.9. The molecule has 3 unspecified atom stereocenters. The summed E-state index contributed by atoms with van der Waals surface area (Å²) in [6, 6.07) is 43.1. The molecule has 4 aliphatic rings. The first kappa shape index (κ1) is 43.5. The summed E-state index contributed by atoms with van der Waals surface area (Å²) in [4.78, 5) is 5.63. The first-order chi connectivity index (χ1) is 29.7. The summed E-state index contributed by atoms with van der Waals surface area (Å²) >= 11 is 0. The average Bonchev–Trinajstić information content (AvgIpc) is 3.25. The molecule has 5 aromatic carbocycles. The molecule has 2 aliphatic heterocycles. The monoisotopic (exact) mass is 833 g/mol. The predicted octanol–water partition coefficient (Wildman–Crippen LogP) is 14.1. The Morgan fingerprint density at radius 2 is 1.13 bits per heavy atom. The van der Waals surface area contributed by atoms with Gasteiger partial charge in [0, 0.05) is 39.9 Å². The molecule has 2 nitrogen and oxygen atoms in total. The minimum atomic E-state index is -0.165. The summed E-state index contributed by atoms with van der Waals surface area (Å²) in [5, 5.41) is 0. The summed E-state index contributed by atoms with van der Waals surface area (Å²) < 4.78 is 0. The topological polar surface area (TPSA) is 6.48 Å². The van der Waals surface area contributed by atoms with Crippen molar-refractivity contribution in [3.63, 3.8) is 0 Å². The highest BCUT2D eigenvalue weighted by molar-refractivity contribution is 7.00. The van der Waals surface area contributed by atoms with Crippen molar-refractivity contribution in [2.75, 3.05) is 9.80 Å². The second kappa shape index (κ2) is 15.5. The Morgan fingerprint density at radius 1 is 0.556 bits per heavy atom. The molecule has 0 saturated heterocycles. The highest BCUT2D eigenvalue weighted by Crippen LogP contribution is 2.50. The van der Waals surface area contributed by atoms with E-state index in [0.717, 1.165) is 25.7 Å². The normalized spacial score (nSPS) is 20.2. The molecule has 2 heterocycles. The van der Waals surface area contributed by atoms with E-state index < -0.39 is 0 Å². The second-order valence-electron chi connectivity index (χ2n) is 23.9. The molecule has 0 radical (unpaired) electrons. The molecule has 0 amide bonds. The fourth-order valence-corrected chi connectivity index (χ4v) is 11.5. The lowest BCUT2D eigenvalue weighted by molar-refractivity contribution is 0.255. The summed E-state index contributed by atoms with van der Waals surface area (Å²) in [6.07, 6.45) is 13.1. The van der Waals surface area contributed by atoms with E-state index in [-0.39, 0.29) is 33.8 Å².